The van der Waals surface area contributed by atoms with Crippen molar-refractivity contribution in [2.45, 2.75) is 6.54 Å². The van der Waals surface area contributed by atoms with Crippen molar-refractivity contribution in [1.29, 1.82) is 0 Å². The van der Waals surface area contributed by atoms with E-state index in [1.54, 1.807) is 6.20 Å². The Balaban J connectivity index is 2.12. The number of rotatable bonds is 5. The number of hydrogen-bond donors (Lipinski definition) is 1. The Morgan fingerprint density at radius 1 is 1.42 bits per heavy atom. The molecule has 0 unspecified atom stereocenters. The van der Waals surface area contributed by atoms with Gasteiger partial charge in [0.2, 0.25) is 10.0 Å². The number of aryl methyl sites for hydroxylation is 1. The molecule has 0 bridgehead atoms. The van der Waals surface area contributed by atoms with Crippen molar-refractivity contribution in [3.63, 3.8) is 0 Å². The Labute approximate surface area is 120 Å². The molecule has 0 fully saturated rings. The molecule has 0 aliphatic rings. The van der Waals surface area contributed by atoms with E-state index in [9.17, 15) is 8.42 Å². The van der Waals surface area contributed by atoms with Gasteiger partial charge >= 0.3 is 0 Å². The first kappa shape index (κ1) is 14.2. The second-order valence-electron chi connectivity index (χ2n) is 3.90. The highest BCUT2D eigenvalue weighted by atomic mass is 79.9. The van der Waals surface area contributed by atoms with E-state index in [4.69, 9.17) is 0 Å². The Morgan fingerprint density at radius 3 is 2.89 bits per heavy atom. The monoisotopic (exact) mass is 344 g/mol. The standard InChI is InChI=1S/C11H13BrN4O2S/c1-13-19(17,18)6-5-16-8-11(14-15-16)9-3-2-4-10(12)7-9/h2-4,7-8,13H,5-6H2,1H3. The van der Waals surface area contributed by atoms with Gasteiger partial charge in [-0.1, -0.05) is 33.3 Å². The van der Waals surface area contributed by atoms with Crippen LogP contribution in [-0.4, -0.2) is 36.2 Å². The zero-order chi connectivity index (χ0) is 13.9. The van der Waals surface area contributed by atoms with Gasteiger partial charge in [0.25, 0.3) is 0 Å². The van der Waals surface area contributed by atoms with E-state index < -0.39 is 10.0 Å². The number of aromatic nitrogens is 3. The highest BCUT2D eigenvalue weighted by Crippen LogP contribution is 2.20. The molecule has 2 aromatic rings. The molecule has 0 saturated heterocycles. The van der Waals surface area contributed by atoms with Gasteiger partial charge in [0.15, 0.2) is 0 Å². The zero-order valence-electron chi connectivity index (χ0n) is 10.2. The summed E-state index contributed by atoms with van der Waals surface area (Å²) in [7, 11) is -1.83. The molecule has 1 N–H and O–H groups in total. The average Bonchev–Trinajstić information content (AvgIpc) is 2.85. The molecule has 1 heterocycles. The summed E-state index contributed by atoms with van der Waals surface area (Å²) in [5.74, 6) is -0.0230. The quantitative estimate of drug-likeness (QED) is 0.885. The molecule has 0 aliphatic heterocycles. The van der Waals surface area contributed by atoms with Crippen LogP contribution in [0.5, 0.6) is 0 Å². The Bertz CT molecular complexity index is 669. The van der Waals surface area contributed by atoms with Crippen LogP contribution in [0.15, 0.2) is 34.9 Å². The van der Waals surface area contributed by atoms with Crippen molar-refractivity contribution in [3.05, 3.63) is 34.9 Å². The number of hydrogen-bond acceptors (Lipinski definition) is 4. The summed E-state index contributed by atoms with van der Waals surface area (Å²) < 4.78 is 27.4. The van der Waals surface area contributed by atoms with E-state index in [2.05, 4.69) is 31.0 Å². The van der Waals surface area contributed by atoms with Crippen LogP contribution in [0, 0.1) is 0 Å². The van der Waals surface area contributed by atoms with Gasteiger partial charge in [-0.3, -0.25) is 4.68 Å². The molecule has 0 aliphatic carbocycles. The molecule has 1 aromatic heterocycles. The van der Waals surface area contributed by atoms with Crippen molar-refractivity contribution in [2.75, 3.05) is 12.8 Å². The largest absolute Gasteiger partial charge is 0.251 e. The average molecular weight is 345 g/mol. The molecule has 2 rings (SSSR count). The predicted molar refractivity (Wildman–Crippen MR) is 76.0 cm³/mol. The van der Waals surface area contributed by atoms with Crippen LogP contribution in [0.1, 0.15) is 0 Å². The maximum atomic E-state index is 11.3. The fourth-order valence-electron chi connectivity index (χ4n) is 1.50. The van der Waals surface area contributed by atoms with Crippen LogP contribution in [0.3, 0.4) is 0 Å². The fraction of sp³-hybridized carbons (Fsp3) is 0.273. The second kappa shape index (κ2) is 5.81. The predicted octanol–water partition coefficient (Wildman–Crippen LogP) is 1.26. The zero-order valence-corrected chi connectivity index (χ0v) is 12.6. The fourth-order valence-corrected chi connectivity index (χ4v) is 2.53. The van der Waals surface area contributed by atoms with Crippen molar-refractivity contribution in [1.82, 2.24) is 19.7 Å². The molecule has 0 spiro atoms. The molecule has 0 saturated carbocycles. The van der Waals surface area contributed by atoms with Crippen LogP contribution in [0.4, 0.5) is 0 Å². The van der Waals surface area contributed by atoms with Crippen molar-refractivity contribution in [2.24, 2.45) is 0 Å². The topological polar surface area (TPSA) is 76.9 Å². The van der Waals surface area contributed by atoms with Crippen LogP contribution in [0.25, 0.3) is 11.3 Å². The molecule has 0 atom stereocenters. The van der Waals surface area contributed by atoms with Crippen LogP contribution < -0.4 is 4.72 Å². The summed E-state index contributed by atoms with van der Waals surface area (Å²) in [5, 5.41) is 7.95. The molecule has 0 amide bonds. The van der Waals surface area contributed by atoms with Crippen LogP contribution in [-0.2, 0) is 16.6 Å². The van der Waals surface area contributed by atoms with E-state index in [1.165, 1.54) is 11.7 Å². The normalized spacial score (nSPS) is 11.7. The molecule has 0 radical (unpaired) electrons. The lowest BCUT2D eigenvalue weighted by molar-refractivity contribution is 0.568. The Hall–Kier alpha value is -1.25. The highest BCUT2D eigenvalue weighted by molar-refractivity contribution is 9.10. The SMILES string of the molecule is CNS(=O)(=O)CCn1cc(-c2cccc(Br)c2)nn1. The maximum Gasteiger partial charge on any atom is 0.213 e. The minimum Gasteiger partial charge on any atom is -0.251 e. The van der Waals surface area contributed by atoms with Crippen LogP contribution >= 0.6 is 15.9 Å². The van der Waals surface area contributed by atoms with E-state index in [0.717, 1.165) is 10.0 Å². The molecule has 1 aromatic carbocycles. The summed E-state index contributed by atoms with van der Waals surface area (Å²) in [6, 6.07) is 7.68. The van der Waals surface area contributed by atoms with Gasteiger partial charge in [-0.05, 0) is 19.2 Å². The van der Waals surface area contributed by atoms with E-state index in [1.807, 2.05) is 24.3 Å². The first-order chi connectivity index (χ1) is 9.00. The summed E-state index contributed by atoms with van der Waals surface area (Å²) in [4.78, 5) is 0. The molecule has 6 nitrogen and oxygen atoms in total. The third-order valence-electron chi connectivity index (χ3n) is 2.56. The van der Waals surface area contributed by atoms with Gasteiger partial charge in [-0.2, -0.15) is 0 Å². The summed E-state index contributed by atoms with van der Waals surface area (Å²) in [6.45, 7) is 0.268. The minimum atomic E-state index is -3.23. The third kappa shape index (κ3) is 3.85. The number of halogens is 1. The van der Waals surface area contributed by atoms with Gasteiger partial charge < -0.3 is 0 Å². The first-order valence-electron chi connectivity index (χ1n) is 5.57. The Kier molecular flexibility index (Phi) is 4.33. The van der Waals surface area contributed by atoms with Gasteiger partial charge in [0.1, 0.15) is 5.69 Å². The lowest BCUT2D eigenvalue weighted by Gasteiger charge is -2.01. The van der Waals surface area contributed by atoms with Crippen molar-refractivity contribution >= 4 is 26.0 Å². The van der Waals surface area contributed by atoms with E-state index >= 15 is 0 Å². The number of sulfonamides is 1. The maximum absolute atomic E-state index is 11.3. The number of benzene rings is 1. The lowest BCUT2D eigenvalue weighted by Crippen LogP contribution is -2.24. The molecule has 102 valence electrons. The first-order valence-corrected chi connectivity index (χ1v) is 8.02. The number of nitrogens with zero attached hydrogens (tertiary/aromatic N) is 3. The Morgan fingerprint density at radius 2 is 2.21 bits per heavy atom. The van der Waals surface area contributed by atoms with Gasteiger partial charge in [0.05, 0.1) is 18.5 Å². The molecular formula is C11H13BrN4O2S. The van der Waals surface area contributed by atoms with E-state index in [-0.39, 0.29) is 12.3 Å². The van der Waals surface area contributed by atoms with Crippen LogP contribution in [0.2, 0.25) is 0 Å². The van der Waals surface area contributed by atoms with Crippen molar-refractivity contribution in [3.8, 4) is 11.3 Å². The number of nitrogens with one attached hydrogen (secondary N) is 1. The molecular weight excluding hydrogens is 332 g/mol. The van der Waals surface area contributed by atoms with Gasteiger partial charge in [-0.25, -0.2) is 13.1 Å². The second-order valence-corrected chi connectivity index (χ2v) is 6.86. The van der Waals surface area contributed by atoms with Gasteiger partial charge in [0, 0.05) is 10.0 Å². The summed E-state index contributed by atoms with van der Waals surface area (Å²) in [5.41, 5.74) is 1.64. The van der Waals surface area contributed by atoms with E-state index in [0.29, 0.717) is 5.69 Å². The molecule has 8 heteroatoms. The minimum absolute atomic E-state index is 0.0230. The summed E-state index contributed by atoms with van der Waals surface area (Å²) >= 11 is 3.39. The highest BCUT2D eigenvalue weighted by Gasteiger charge is 2.09. The van der Waals surface area contributed by atoms with Gasteiger partial charge in [-0.15, -0.1) is 5.10 Å². The third-order valence-corrected chi connectivity index (χ3v) is 4.39. The lowest BCUT2D eigenvalue weighted by atomic mass is 10.2. The summed E-state index contributed by atoms with van der Waals surface area (Å²) in [6.07, 6.45) is 1.73. The van der Waals surface area contributed by atoms with Crippen molar-refractivity contribution < 1.29 is 8.42 Å². The molecule has 19 heavy (non-hydrogen) atoms. The smallest absolute Gasteiger partial charge is 0.213 e.